The lowest BCUT2D eigenvalue weighted by molar-refractivity contribution is 0.483. The third-order valence-corrected chi connectivity index (χ3v) is 3.14. The number of rotatable bonds is 3. The van der Waals surface area contributed by atoms with E-state index >= 15 is 0 Å². The van der Waals surface area contributed by atoms with Gasteiger partial charge in [0, 0.05) is 5.56 Å². The van der Waals surface area contributed by atoms with Gasteiger partial charge in [-0.3, -0.25) is 0 Å². The van der Waals surface area contributed by atoms with E-state index in [1.54, 1.807) is 6.20 Å². The molecule has 21 heavy (non-hydrogen) atoms. The van der Waals surface area contributed by atoms with Crippen molar-refractivity contribution < 1.29 is 4.74 Å². The predicted molar refractivity (Wildman–Crippen MR) is 83.4 cm³/mol. The molecular weight excluding hydrogens is 262 g/mol. The predicted octanol–water partition coefficient (Wildman–Crippen LogP) is 4.61. The molecular formula is C17H13N3O. The first-order valence-electron chi connectivity index (χ1n) is 6.45. The van der Waals surface area contributed by atoms with Crippen molar-refractivity contribution in [3.63, 3.8) is 0 Å². The molecule has 1 aromatic heterocycles. The Morgan fingerprint density at radius 3 is 2.29 bits per heavy atom. The summed E-state index contributed by atoms with van der Waals surface area (Å²) in [6.45, 7) is 7.18. The molecule has 0 atom stereocenters. The zero-order valence-electron chi connectivity index (χ0n) is 11.2. The molecule has 0 aliphatic rings. The number of anilines is 1. The number of hydrogen-bond donors (Lipinski definition) is 2. The summed E-state index contributed by atoms with van der Waals surface area (Å²) >= 11 is 0. The van der Waals surface area contributed by atoms with Crippen LogP contribution in [0.25, 0.3) is 16.0 Å². The number of para-hydroxylation sites is 1. The highest BCUT2D eigenvalue weighted by Gasteiger charge is 2.10. The molecule has 0 aliphatic carbocycles. The zero-order chi connectivity index (χ0) is 14.7. The maximum atomic E-state index is 7.18. The molecule has 3 N–H and O–H groups in total. The number of nitrogen functional groups attached to an aromatic ring is 1. The van der Waals surface area contributed by atoms with Gasteiger partial charge in [0.25, 0.3) is 0 Å². The number of hydrogen-bond acceptors (Lipinski definition) is 2. The molecule has 0 amide bonds. The first-order valence-corrected chi connectivity index (χ1v) is 6.45. The highest BCUT2D eigenvalue weighted by atomic mass is 16.5. The van der Waals surface area contributed by atoms with Gasteiger partial charge in [-0.2, -0.15) is 0 Å². The van der Waals surface area contributed by atoms with Crippen molar-refractivity contribution in [2.24, 2.45) is 0 Å². The summed E-state index contributed by atoms with van der Waals surface area (Å²) in [6.07, 6.45) is 1.75. The molecule has 0 spiro atoms. The first kappa shape index (κ1) is 12.8. The Labute approximate surface area is 122 Å². The van der Waals surface area contributed by atoms with Gasteiger partial charge in [0.05, 0.1) is 6.57 Å². The molecule has 4 nitrogen and oxygen atoms in total. The van der Waals surface area contributed by atoms with E-state index in [0.29, 0.717) is 11.5 Å². The Hall–Kier alpha value is -3.19. The summed E-state index contributed by atoms with van der Waals surface area (Å²) in [5, 5.41) is 0. The summed E-state index contributed by atoms with van der Waals surface area (Å²) in [7, 11) is 0. The Morgan fingerprint density at radius 1 is 0.952 bits per heavy atom. The van der Waals surface area contributed by atoms with E-state index in [9.17, 15) is 0 Å². The van der Waals surface area contributed by atoms with Crippen molar-refractivity contribution in [3.05, 3.63) is 72.2 Å². The molecule has 1 heterocycles. The van der Waals surface area contributed by atoms with Gasteiger partial charge in [0.15, 0.2) is 0 Å². The van der Waals surface area contributed by atoms with Crippen molar-refractivity contribution in [2.75, 3.05) is 5.73 Å². The van der Waals surface area contributed by atoms with Crippen molar-refractivity contribution in [1.82, 2.24) is 4.98 Å². The molecule has 2 aromatic carbocycles. The smallest absolute Gasteiger partial charge is 0.234 e. The van der Waals surface area contributed by atoms with E-state index in [0.717, 1.165) is 22.6 Å². The van der Waals surface area contributed by atoms with Crippen LogP contribution in [0.2, 0.25) is 0 Å². The van der Waals surface area contributed by atoms with Gasteiger partial charge in [-0.15, -0.1) is 0 Å². The Kier molecular flexibility index (Phi) is 3.32. The van der Waals surface area contributed by atoms with Gasteiger partial charge in [-0.25, -0.2) is 4.85 Å². The van der Waals surface area contributed by atoms with Crippen molar-refractivity contribution >= 4 is 11.5 Å². The third-order valence-electron chi connectivity index (χ3n) is 3.14. The standard InChI is InChI=1S/C17H13N3O/c1-19-16-15(11-20-17(16)18)12-7-9-14(10-8-12)21-13-5-3-2-4-6-13/h2-11,20H,18H2. The fourth-order valence-electron chi connectivity index (χ4n) is 2.10. The fourth-order valence-corrected chi connectivity index (χ4v) is 2.10. The molecule has 3 aromatic rings. The van der Waals surface area contributed by atoms with Crippen LogP contribution in [0, 0.1) is 6.57 Å². The average molecular weight is 275 g/mol. The number of ether oxygens (including phenoxy) is 1. The maximum absolute atomic E-state index is 7.18. The Bertz CT molecular complexity index is 783. The number of nitrogens with zero attached hydrogens (tertiary/aromatic N) is 1. The van der Waals surface area contributed by atoms with E-state index < -0.39 is 0 Å². The zero-order valence-corrected chi connectivity index (χ0v) is 11.2. The molecule has 0 unspecified atom stereocenters. The molecule has 3 rings (SSSR count). The number of aromatic nitrogens is 1. The van der Waals surface area contributed by atoms with E-state index in [1.807, 2.05) is 54.6 Å². The van der Waals surface area contributed by atoms with Gasteiger partial charge in [-0.1, -0.05) is 30.3 Å². The molecule has 0 fully saturated rings. The molecule has 0 bridgehead atoms. The summed E-state index contributed by atoms with van der Waals surface area (Å²) in [6, 6.07) is 17.2. The summed E-state index contributed by atoms with van der Waals surface area (Å²) in [5.74, 6) is 1.93. The van der Waals surface area contributed by atoms with Gasteiger partial charge < -0.3 is 15.5 Å². The van der Waals surface area contributed by atoms with Crippen LogP contribution in [0.4, 0.5) is 11.5 Å². The first-order chi connectivity index (χ1) is 10.3. The lowest BCUT2D eigenvalue weighted by Gasteiger charge is -2.06. The van der Waals surface area contributed by atoms with E-state index in [2.05, 4.69) is 9.83 Å². The normalized spacial score (nSPS) is 10.0. The van der Waals surface area contributed by atoms with Crippen LogP contribution in [0.15, 0.2) is 60.8 Å². The minimum Gasteiger partial charge on any atom is -0.457 e. The lowest BCUT2D eigenvalue weighted by Crippen LogP contribution is -1.84. The SMILES string of the molecule is [C-]#[N+]c1c(-c2ccc(Oc3ccccc3)cc2)c[nH]c1N. The summed E-state index contributed by atoms with van der Waals surface area (Å²) in [5.41, 5.74) is 7.90. The minimum atomic E-state index is 0.393. The van der Waals surface area contributed by atoms with Crippen LogP contribution in [-0.4, -0.2) is 4.98 Å². The van der Waals surface area contributed by atoms with Crippen LogP contribution in [0.1, 0.15) is 0 Å². The second-order valence-corrected chi connectivity index (χ2v) is 4.52. The highest BCUT2D eigenvalue weighted by Crippen LogP contribution is 2.36. The second-order valence-electron chi connectivity index (χ2n) is 4.52. The lowest BCUT2D eigenvalue weighted by atomic mass is 10.1. The topological polar surface area (TPSA) is 55.4 Å². The molecule has 0 saturated carbocycles. The quantitative estimate of drug-likeness (QED) is 0.686. The average Bonchev–Trinajstić information content (AvgIpc) is 2.90. The summed E-state index contributed by atoms with van der Waals surface area (Å²) in [4.78, 5) is 6.33. The van der Waals surface area contributed by atoms with Crippen LogP contribution < -0.4 is 10.5 Å². The van der Waals surface area contributed by atoms with Crippen LogP contribution in [0.3, 0.4) is 0 Å². The molecule has 102 valence electrons. The monoisotopic (exact) mass is 275 g/mol. The summed E-state index contributed by atoms with van der Waals surface area (Å²) < 4.78 is 5.74. The van der Waals surface area contributed by atoms with Gasteiger partial charge in [-0.05, 0) is 36.0 Å². The van der Waals surface area contributed by atoms with Crippen molar-refractivity contribution in [1.29, 1.82) is 0 Å². The largest absolute Gasteiger partial charge is 0.457 e. The highest BCUT2D eigenvalue weighted by molar-refractivity contribution is 5.85. The number of aromatic amines is 1. The fraction of sp³-hybridized carbons (Fsp3) is 0. The minimum absolute atomic E-state index is 0.393. The van der Waals surface area contributed by atoms with Crippen molar-refractivity contribution in [3.8, 4) is 22.6 Å². The van der Waals surface area contributed by atoms with E-state index in [-0.39, 0.29) is 0 Å². The second kappa shape index (κ2) is 5.43. The number of H-pyrrole nitrogens is 1. The number of benzene rings is 2. The number of nitrogens with one attached hydrogen (secondary N) is 1. The van der Waals surface area contributed by atoms with Crippen LogP contribution in [-0.2, 0) is 0 Å². The van der Waals surface area contributed by atoms with Crippen LogP contribution >= 0.6 is 0 Å². The Morgan fingerprint density at radius 2 is 1.62 bits per heavy atom. The van der Waals surface area contributed by atoms with Gasteiger partial charge in [0.2, 0.25) is 5.69 Å². The Balaban J connectivity index is 1.86. The molecule has 0 saturated heterocycles. The van der Waals surface area contributed by atoms with E-state index in [1.165, 1.54) is 0 Å². The molecule has 0 radical (unpaired) electrons. The van der Waals surface area contributed by atoms with Gasteiger partial charge >= 0.3 is 0 Å². The van der Waals surface area contributed by atoms with Crippen molar-refractivity contribution in [2.45, 2.75) is 0 Å². The van der Waals surface area contributed by atoms with Gasteiger partial charge in [0.1, 0.15) is 17.3 Å². The molecule has 0 aliphatic heterocycles. The maximum Gasteiger partial charge on any atom is 0.234 e. The third kappa shape index (κ3) is 2.58. The van der Waals surface area contributed by atoms with E-state index in [4.69, 9.17) is 17.0 Å². The van der Waals surface area contributed by atoms with Crippen LogP contribution in [0.5, 0.6) is 11.5 Å². The number of nitrogens with two attached hydrogens (primary N) is 1. The molecule has 4 heteroatoms.